The highest BCUT2D eigenvalue weighted by molar-refractivity contribution is 9.11. The predicted molar refractivity (Wildman–Crippen MR) is 86.8 cm³/mol. The van der Waals surface area contributed by atoms with Crippen LogP contribution in [0.5, 0.6) is 0 Å². The largest absolute Gasteiger partial charge is 0.340 e. The fraction of sp³-hybridized carbons (Fsp3) is 0.308. The molecule has 3 nitrogen and oxygen atoms in total. The molecule has 0 aliphatic carbocycles. The molecule has 0 atom stereocenters. The molecule has 0 radical (unpaired) electrons. The van der Waals surface area contributed by atoms with E-state index in [0.717, 1.165) is 20.3 Å². The third-order valence-electron chi connectivity index (χ3n) is 2.60. The molecule has 2 aromatic rings. The quantitative estimate of drug-likeness (QED) is 0.680. The molecule has 0 aromatic carbocycles. The molecule has 2 heterocycles. The van der Waals surface area contributed by atoms with Gasteiger partial charge in [0.25, 0.3) is 0 Å². The van der Waals surface area contributed by atoms with E-state index in [2.05, 4.69) is 67.6 Å². The summed E-state index contributed by atoms with van der Waals surface area (Å²) in [5.41, 5.74) is 1.71. The lowest BCUT2D eigenvalue weighted by atomic mass is 9.92. The Morgan fingerprint density at radius 3 is 2.53 bits per heavy atom. The fourth-order valence-corrected chi connectivity index (χ4v) is 3.07. The van der Waals surface area contributed by atoms with E-state index >= 15 is 0 Å². The maximum Gasteiger partial charge on any atom is 0.159 e. The number of aromatic amines is 1. The van der Waals surface area contributed by atoms with Gasteiger partial charge < -0.3 is 4.98 Å². The molecule has 0 saturated carbocycles. The Bertz CT molecular complexity index is 674. The summed E-state index contributed by atoms with van der Waals surface area (Å²) in [6.07, 6.45) is 1.73. The Morgan fingerprint density at radius 2 is 1.95 bits per heavy atom. The number of nitrogens with zero attached hydrogens (tertiary/aromatic N) is 2. The van der Waals surface area contributed by atoms with Crippen LogP contribution in [0.3, 0.4) is 0 Å². The lowest BCUT2D eigenvalue weighted by Gasteiger charge is -2.21. The number of aromatic nitrogens is 3. The molecule has 0 saturated heterocycles. The van der Waals surface area contributed by atoms with Crippen LogP contribution in [0.25, 0.3) is 11.5 Å². The first kappa shape index (κ1) is 14.8. The molecule has 19 heavy (non-hydrogen) atoms. The fourth-order valence-electron chi connectivity index (χ4n) is 1.65. The molecule has 0 spiro atoms. The van der Waals surface area contributed by atoms with Gasteiger partial charge in [-0.05, 0) is 44.0 Å². The van der Waals surface area contributed by atoms with Crippen molar-refractivity contribution in [2.24, 2.45) is 0 Å². The number of nitrogens with one attached hydrogen (secondary N) is 1. The molecule has 0 amide bonds. The van der Waals surface area contributed by atoms with E-state index in [1.165, 1.54) is 0 Å². The molecule has 0 unspecified atom stereocenters. The van der Waals surface area contributed by atoms with Gasteiger partial charge in [0.1, 0.15) is 10.3 Å². The summed E-state index contributed by atoms with van der Waals surface area (Å²) in [5, 5.41) is 0. The molecule has 2 rings (SSSR count). The lowest BCUT2D eigenvalue weighted by molar-refractivity contribution is 0.563. The van der Waals surface area contributed by atoms with Crippen LogP contribution in [0, 0.1) is 4.64 Å². The highest BCUT2D eigenvalue weighted by Gasteiger charge is 2.21. The van der Waals surface area contributed by atoms with Crippen LogP contribution in [0.1, 0.15) is 26.5 Å². The Balaban J connectivity index is 2.71. The van der Waals surface area contributed by atoms with Crippen LogP contribution < -0.4 is 0 Å². The van der Waals surface area contributed by atoms with Crippen molar-refractivity contribution in [3.8, 4) is 11.5 Å². The van der Waals surface area contributed by atoms with Crippen LogP contribution in [0.4, 0.5) is 0 Å². The zero-order valence-corrected chi connectivity index (χ0v) is 14.8. The van der Waals surface area contributed by atoms with Gasteiger partial charge in [0, 0.05) is 21.8 Å². The summed E-state index contributed by atoms with van der Waals surface area (Å²) in [7, 11) is 0. The highest BCUT2D eigenvalue weighted by atomic mass is 79.9. The molecule has 0 bridgehead atoms. The van der Waals surface area contributed by atoms with Crippen LogP contribution in [-0.4, -0.2) is 15.0 Å². The summed E-state index contributed by atoms with van der Waals surface area (Å²) >= 11 is 12.3. The number of halogens is 2. The first-order valence-electron chi connectivity index (χ1n) is 5.72. The van der Waals surface area contributed by atoms with Crippen molar-refractivity contribution in [3.63, 3.8) is 0 Å². The second-order valence-electron chi connectivity index (χ2n) is 5.16. The normalized spacial score (nSPS) is 11.6. The van der Waals surface area contributed by atoms with Crippen molar-refractivity contribution in [1.29, 1.82) is 0 Å². The second-order valence-corrected chi connectivity index (χ2v) is 7.20. The molecule has 6 heteroatoms. The van der Waals surface area contributed by atoms with E-state index in [9.17, 15) is 0 Å². The number of pyridine rings is 1. The molecular formula is C13H13Br2N3S. The Morgan fingerprint density at radius 1 is 1.26 bits per heavy atom. The average Bonchev–Trinajstić information content (AvgIpc) is 2.31. The summed E-state index contributed by atoms with van der Waals surface area (Å²) in [6.45, 7) is 6.36. The second kappa shape index (κ2) is 5.42. The van der Waals surface area contributed by atoms with Crippen molar-refractivity contribution in [2.75, 3.05) is 0 Å². The van der Waals surface area contributed by atoms with Gasteiger partial charge in [0.2, 0.25) is 0 Å². The summed E-state index contributed by atoms with van der Waals surface area (Å²) in [4.78, 5) is 12.1. The van der Waals surface area contributed by atoms with Gasteiger partial charge in [-0.2, -0.15) is 0 Å². The predicted octanol–water partition coefficient (Wildman–Crippen LogP) is 5.02. The van der Waals surface area contributed by atoms with Gasteiger partial charge >= 0.3 is 0 Å². The minimum absolute atomic E-state index is 0.0641. The maximum atomic E-state index is 5.32. The van der Waals surface area contributed by atoms with E-state index in [0.29, 0.717) is 10.5 Å². The smallest absolute Gasteiger partial charge is 0.159 e. The number of hydrogen-bond acceptors (Lipinski definition) is 3. The van der Waals surface area contributed by atoms with Crippen LogP contribution in [0.2, 0.25) is 0 Å². The zero-order chi connectivity index (χ0) is 14.2. The molecule has 0 fully saturated rings. The van der Waals surface area contributed by atoms with E-state index < -0.39 is 0 Å². The average molecular weight is 403 g/mol. The molecule has 2 aromatic heterocycles. The minimum atomic E-state index is -0.0641. The van der Waals surface area contributed by atoms with Gasteiger partial charge in [0.15, 0.2) is 5.82 Å². The molecule has 100 valence electrons. The monoisotopic (exact) mass is 401 g/mol. The topological polar surface area (TPSA) is 41.6 Å². The third-order valence-corrected chi connectivity index (χ3v) is 4.57. The van der Waals surface area contributed by atoms with Crippen molar-refractivity contribution < 1.29 is 0 Å². The lowest BCUT2D eigenvalue weighted by Crippen LogP contribution is -2.16. The first-order chi connectivity index (χ1) is 8.80. The summed E-state index contributed by atoms with van der Waals surface area (Å²) in [5.74, 6) is 0.672. The SMILES string of the molecule is CC(C)(C)c1[nH]c(-c2ncccc2Br)nc(=S)c1Br. The number of H-pyrrole nitrogens is 1. The van der Waals surface area contributed by atoms with Crippen LogP contribution >= 0.6 is 44.1 Å². The van der Waals surface area contributed by atoms with Gasteiger partial charge in [-0.25, -0.2) is 4.98 Å². The van der Waals surface area contributed by atoms with Crippen molar-refractivity contribution in [3.05, 3.63) is 37.6 Å². The van der Waals surface area contributed by atoms with Crippen LogP contribution in [0.15, 0.2) is 27.3 Å². The minimum Gasteiger partial charge on any atom is -0.340 e. The summed E-state index contributed by atoms with van der Waals surface area (Å²) < 4.78 is 2.26. The van der Waals surface area contributed by atoms with E-state index in [1.807, 2.05) is 12.1 Å². The molecule has 1 N–H and O–H groups in total. The van der Waals surface area contributed by atoms with E-state index in [-0.39, 0.29) is 5.41 Å². The van der Waals surface area contributed by atoms with Crippen LogP contribution in [-0.2, 0) is 5.41 Å². The Kier molecular flexibility index (Phi) is 4.23. The zero-order valence-electron chi connectivity index (χ0n) is 10.8. The maximum absolute atomic E-state index is 5.32. The molecular weight excluding hydrogens is 390 g/mol. The van der Waals surface area contributed by atoms with Gasteiger partial charge in [-0.3, -0.25) is 4.98 Å². The molecule has 0 aliphatic heterocycles. The Hall–Kier alpha value is -0.590. The number of hydrogen-bond donors (Lipinski definition) is 1. The molecule has 0 aliphatic rings. The van der Waals surface area contributed by atoms with E-state index in [4.69, 9.17) is 12.2 Å². The van der Waals surface area contributed by atoms with Gasteiger partial charge in [-0.1, -0.05) is 33.0 Å². The van der Waals surface area contributed by atoms with Crippen molar-refractivity contribution in [2.45, 2.75) is 26.2 Å². The van der Waals surface area contributed by atoms with E-state index in [1.54, 1.807) is 6.20 Å². The number of rotatable bonds is 1. The standard InChI is InChI=1S/C13H13Br2N3S/c1-13(2,3)10-8(15)12(19)18-11(17-10)9-7(14)5-4-6-16-9/h4-6H,1-3H3,(H,17,18,19). The first-order valence-corrected chi connectivity index (χ1v) is 7.71. The van der Waals surface area contributed by atoms with Gasteiger partial charge in [0.05, 0.1) is 4.47 Å². The summed E-state index contributed by atoms with van der Waals surface area (Å²) in [6, 6.07) is 3.80. The third kappa shape index (κ3) is 3.12. The van der Waals surface area contributed by atoms with Crippen molar-refractivity contribution in [1.82, 2.24) is 15.0 Å². The van der Waals surface area contributed by atoms with Gasteiger partial charge in [-0.15, -0.1) is 0 Å². The van der Waals surface area contributed by atoms with Crippen molar-refractivity contribution >= 4 is 44.1 Å². The highest BCUT2D eigenvalue weighted by Crippen LogP contribution is 2.31. The Labute approximate surface area is 134 Å².